The van der Waals surface area contributed by atoms with Gasteiger partial charge in [0.1, 0.15) is 10.7 Å². The summed E-state index contributed by atoms with van der Waals surface area (Å²) in [5.74, 6) is -0.0556. The van der Waals surface area contributed by atoms with Crippen molar-refractivity contribution < 1.29 is 9.53 Å². The Labute approximate surface area is 133 Å². The van der Waals surface area contributed by atoms with E-state index in [1.165, 1.54) is 11.3 Å². The average molecular weight is 317 g/mol. The molecule has 2 heterocycles. The molecular weight excluding hydrogens is 298 g/mol. The quantitative estimate of drug-likeness (QED) is 0.942. The van der Waals surface area contributed by atoms with Crippen molar-refractivity contribution >= 4 is 17.2 Å². The van der Waals surface area contributed by atoms with Crippen molar-refractivity contribution in [3.05, 3.63) is 52.0 Å². The summed E-state index contributed by atoms with van der Waals surface area (Å²) in [6, 6.07) is 9.90. The lowest BCUT2D eigenvalue weighted by atomic mass is 10.0. The highest BCUT2D eigenvalue weighted by atomic mass is 32.1. The third kappa shape index (κ3) is 3.04. The Morgan fingerprint density at radius 1 is 1.45 bits per heavy atom. The number of morpholine rings is 1. The van der Waals surface area contributed by atoms with Crippen LogP contribution in [0.4, 0.5) is 0 Å². The van der Waals surface area contributed by atoms with Gasteiger partial charge in [0.25, 0.3) is 5.91 Å². The number of amides is 1. The second kappa shape index (κ2) is 6.56. The van der Waals surface area contributed by atoms with Gasteiger partial charge in [-0.15, -0.1) is 11.3 Å². The van der Waals surface area contributed by atoms with Crippen molar-refractivity contribution in [3.63, 3.8) is 0 Å². The Balaban J connectivity index is 1.88. The van der Waals surface area contributed by atoms with Crippen LogP contribution >= 0.6 is 11.3 Å². The number of carbonyl (C=O) groups is 1. The summed E-state index contributed by atoms with van der Waals surface area (Å²) in [4.78, 5) is 19.0. The molecule has 1 saturated heterocycles. The van der Waals surface area contributed by atoms with Crippen LogP contribution in [0.3, 0.4) is 0 Å². The molecular formula is C16H19N3O2S. The molecule has 1 aromatic heterocycles. The highest BCUT2D eigenvalue weighted by molar-refractivity contribution is 7.09. The molecule has 116 valence electrons. The molecule has 1 aromatic carbocycles. The SMILES string of the molecule is C[C@@H]1CN(C(=O)c2csc(CN)n2)[C@@H](c2ccccc2)CO1. The number of nitrogens with two attached hydrogens (primary N) is 1. The maximum Gasteiger partial charge on any atom is 0.274 e. The summed E-state index contributed by atoms with van der Waals surface area (Å²) < 4.78 is 5.76. The Hall–Kier alpha value is -1.76. The summed E-state index contributed by atoms with van der Waals surface area (Å²) in [5.41, 5.74) is 7.14. The normalized spacial score (nSPS) is 21.8. The van der Waals surface area contributed by atoms with E-state index in [4.69, 9.17) is 10.5 Å². The molecule has 0 spiro atoms. The van der Waals surface area contributed by atoms with Gasteiger partial charge in [0.2, 0.25) is 0 Å². The van der Waals surface area contributed by atoms with E-state index in [0.29, 0.717) is 25.4 Å². The zero-order valence-electron chi connectivity index (χ0n) is 12.4. The Morgan fingerprint density at radius 3 is 2.91 bits per heavy atom. The molecule has 2 atom stereocenters. The molecule has 1 fully saturated rings. The largest absolute Gasteiger partial charge is 0.374 e. The lowest BCUT2D eigenvalue weighted by Crippen LogP contribution is -2.46. The maximum atomic E-state index is 12.8. The Morgan fingerprint density at radius 2 is 2.23 bits per heavy atom. The Kier molecular flexibility index (Phi) is 4.52. The number of hydrogen-bond acceptors (Lipinski definition) is 5. The van der Waals surface area contributed by atoms with E-state index in [9.17, 15) is 4.79 Å². The van der Waals surface area contributed by atoms with Crippen LogP contribution in [0.25, 0.3) is 0 Å². The van der Waals surface area contributed by atoms with Crippen molar-refractivity contribution in [2.24, 2.45) is 5.73 Å². The molecule has 6 heteroatoms. The second-order valence-corrected chi connectivity index (χ2v) is 6.30. The lowest BCUT2D eigenvalue weighted by molar-refractivity contribution is -0.0449. The second-order valence-electron chi connectivity index (χ2n) is 5.36. The van der Waals surface area contributed by atoms with Crippen molar-refractivity contribution in [2.45, 2.75) is 25.6 Å². The van der Waals surface area contributed by atoms with Crippen molar-refractivity contribution in [1.82, 2.24) is 9.88 Å². The van der Waals surface area contributed by atoms with Crippen LogP contribution in [-0.2, 0) is 11.3 Å². The number of benzene rings is 1. The molecule has 5 nitrogen and oxygen atoms in total. The maximum absolute atomic E-state index is 12.8. The van der Waals surface area contributed by atoms with Crippen LogP contribution in [0.2, 0.25) is 0 Å². The van der Waals surface area contributed by atoms with Gasteiger partial charge in [0.05, 0.1) is 18.8 Å². The fourth-order valence-corrected chi connectivity index (χ4v) is 3.28. The summed E-state index contributed by atoms with van der Waals surface area (Å²) in [6.45, 7) is 3.41. The molecule has 0 radical (unpaired) electrons. The van der Waals surface area contributed by atoms with Crippen molar-refractivity contribution in [3.8, 4) is 0 Å². The fourth-order valence-electron chi connectivity index (χ4n) is 2.63. The number of thiazole rings is 1. The van der Waals surface area contributed by atoms with Crippen LogP contribution < -0.4 is 5.73 Å². The van der Waals surface area contributed by atoms with Gasteiger partial charge in [0.15, 0.2) is 0 Å². The zero-order valence-corrected chi connectivity index (χ0v) is 13.3. The van der Waals surface area contributed by atoms with Crippen LogP contribution in [0.5, 0.6) is 0 Å². The van der Waals surface area contributed by atoms with Crippen LogP contribution in [0.1, 0.15) is 34.0 Å². The number of carbonyl (C=O) groups excluding carboxylic acids is 1. The zero-order chi connectivity index (χ0) is 15.5. The van der Waals surface area contributed by atoms with Gasteiger partial charge < -0.3 is 15.4 Å². The molecule has 0 saturated carbocycles. The smallest absolute Gasteiger partial charge is 0.274 e. The number of hydrogen-bond donors (Lipinski definition) is 1. The summed E-state index contributed by atoms with van der Waals surface area (Å²) in [7, 11) is 0. The Bertz CT molecular complexity index is 644. The molecule has 2 N–H and O–H groups in total. The first-order chi connectivity index (χ1) is 10.7. The minimum atomic E-state index is -0.0760. The summed E-state index contributed by atoms with van der Waals surface area (Å²) in [5, 5.41) is 2.56. The van der Waals surface area contributed by atoms with Crippen LogP contribution in [-0.4, -0.2) is 35.0 Å². The molecule has 0 unspecified atom stereocenters. The molecule has 1 amide bonds. The van der Waals surface area contributed by atoms with E-state index in [1.807, 2.05) is 42.2 Å². The van der Waals surface area contributed by atoms with E-state index in [2.05, 4.69) is 4.98 Å². The van der Waals surface area contributed by atoms with E-state index in [-0.39, 0.29) is 18.1 Å². The molecule has 3 rings (SSSR count). The lowest BCUT2D eigenvalue weighted by Gasteiger charge is -2.38. The molecule has 1 aliphatic heterocycles. The van der Waals surface area contributed by atoms with Gasteiger partial charge in [-0.25, -0.2) is 4.98 Å². The molecule has 22 heavy (non-hydrogen) atoms. The van der Waals surface area contributed by atoms with Crippen LogP contribution in [0.15, 0.2) is 35.7 Å². The van der Waals surface area contributed by atoms with Gasteiger partial charge in [-0.1, -0.05) is 30.3 Å². The number of rotatable bonds is 3. The predicted octanol–water partition coefficient (Wildman–Crippen LogP) is 2.20. The monoisotopic (exact) mass is 317 g/mol. The van der Waals surface area contributed by atoms with Gasteiger partial charge >= 0.3 is 0 Å². The third-order valence-corrected chi connectivity index (χ3v) is 4.63. The van der Waals surface area contributed by atoms with Crippen LogP contribution in [0, 0.1) is 0 Å². The number of nitrogens with zero attached hydrogens (tertiary/aromatic N) is 2. The minimum absolute atomic E-state index is 0.0246. The first-order valence-corrected chi connectivity index (χ1v) is 8.19. The van der Waals surface area contributed by atoms with E-state index >= 15 is 0 Å². The average Bonchev–Trinajstić information content (AvgIpc) is 3.04. The van der Waals surface area contributed by atoms with Gasteiger partial charge in [-0.3, -0.25) is 4.79 Å². The first-order valence-electron chi connectivity index (χ1n) is 7.31. The molecule has 0 bridgehead atoms. The van der Waals surface area contributed by atoms with Crippen molar-refractivity contribution in [1.29, 1.82) is 0 Å². The molecule has 2 aromatic rings. The highest BCUT2D eigenvalue weighted by Crippen LogP contribution is 2.28. The van der Waals surface area contributed by atoms with Gasteiger partial charge in [-0.05, 0) is 12.5 Å². The van der Waals surface area contributed by atoms with E-state index in [1.54, 1.807) is 5.38 Å². The van der Waals surface area contributed by atoms with E-state index in [0.717, 1.165) is 10.6 Å². The minimum Gasteiger partial charge on any atom is -0.374 e. The standard InChI is InChI=1S/C16H19N3O2S/c1-11-8-19(16(20)13-10-22-15(7-17)18-13)14(9-21-11)12-5-3-2-4-6-12/h2-6,10-11,14H,7-9,17H2,1H3/t11-,14-/m1/s1. The number of ether oxygens (including phenoxy) is 1. The molecule has 0 aliphatic carbocycles. The first kappa shape index (κ1) is 15.1. The fraction of sp³-hybridized carbons (Fsp3) is 0.375. The van der Waals surface area contributed by atoms with Gasteiger partial charge in [-0.2, -0.15) is 0 Å². The number of aromatic nitrogens is 1. The predicted molar refractivity (Wildman–Crippen MR) is 85.6 cm³/mol. The summed E-state index contributed by atoms with van der Waals surface area (Å²) >= 11 is 1.42. The third-order valence-electron chi connectivity index (χ3n) is 3.76. The van der Waals surface area contributed by atoms with E-state index < -0.39 is 0 Å². The topological polar surface area (TPSA) is 68.5 Å². The molecule has 1 aliphatic rings. The highest BCUT2D eigenvalue weighted by Gasteiger charge is 2.33. The van der Waals surface area contributed by atoms with Crippen molar-refractivity contribution in [2.75, 3.05) is 13.2 Å². The van der Waals surface area contributed by atoms with Gasteiger partial charge in [0, 0.05) is 18.5 Å². The summed E-state index contributed by atoms with van der Waals surface area (Å²) in [6.07, 6.45) is 0.0246.